The summed E-state index contributed by atoms with van der Waals surface area (Å²) in [4.78, 5) is 39.4. The molecule has 164 valence electrons. The molecule has 3 rings (SSSR count). The van der Waals surface area contributed by atoms with Gasteiger partial charge in [-0.15, -0.1) is 0 Å². The Kier molecular flexibility index (Phi) is 6.00. The summed E-state index contributed by atoms with van der Waals surface area (Å²) in [5, 5.41) is 4.91. The number of amides is 3. The van der Waals surface area contributed by atoms with E-state index in [-0.39, 0.29) is 30.2 Å². The van der Waals surface area contributed by atoms with Gasteiger partial charge >= 0.3 is 0 Å². The van der Waals surface area contributed by atoms with Crippen LogP contribution in [0.1, 0.15) is 72.6 Å². The van der Waals surface area contributed by atoms with Crippen molar-refractivity contribution < 1.29 is 22.8 Å². The number of β-lactam (4-membered cyclic amide) rings is 1. The molecule has 9 heteroatoms. The Morgan fingerprint density at radius 1 is 1.21 bits per heavy atom. The fraction of sp³-hybridized carbons (Fsp3) is 0.850. The molecule has 8 nitrogen and oxygen atoms in total. The van der Waals surface area contributed by atoms with E-state index in [0.717, 1.165) is 25.7 Å². The Balaban J connectivity index is 1.77. The summed E-state index contributed by atoms with van der Waals surface area (Å²) >= 11 is 0. The van der Waals surface area contributed by atoms with Crippen molar-refractivity contribution in [3.8, 4) is 0 Å². The van der Waals surface area contributed by atoms with Gasteiger partial charge in [-0.1, -0.05) is 39.5 Å². The van der Waals surface area contributed by atoms with Crippen LogP contribution in [0.3, 0.4) is 0 Å². The molecule has 0 bridgehead atoms. The summed E-state index contributed by atoms with van der Waals surface area (Å²) < 4.78 is 24.1. The van der Waals surface area contributed by atoms with Gasteiger partial charge in [0.15, 0.2) is 9.84 Å². The number of fused-ring (bicyclic) bond motifs is 1. The van der Waals surface area contributed by atoms with Crippen LogP contribution >= 0.6 is 0 Å². The van der Waals surface area contributed by atoms with E-state index < -0.39 is 37.9 Å². The lowest BCUT2D eigenvalue weighted by molar-refractivity contribution is -0.150. The summed E-state index contributed by atoms with van der Waals surface area (Å²) in [5.74, 6) is -1.26. The summed E-state index contributed by atoms with van der Waals surface area (Å²) in [6, 6.07) is -1.76. The Bertz CT molecular complexity index is 788. The van der Waals surface area contributed by atoms with Crippen LogP contribution < -0.4 is 10.6 Å². The maximum Gasteiger partial charge on any atom is 0.245 e. The Hall–Kier alpha value is -1.64. The van der Waals surface area contributed by atoms with E-state index in [4.69, 9.17) is 0 Å². The van der Waals surface area contributed by atoms with Crippen LogP contribution in [0.25, 0.3) is 0 Å². The van der Waals surface area contributed by atoms with Gasteiger partial charge in [0, 0.05) is 6.04 Å². The van der Waals surface area contributed by atoms with Gasteiger partial charge in [0.1, 0.15) is 17.5 Å². The molecule has 3 amide bonds. The predicted molar refractivity (Wildman–Crippen MR) is 108 cm³/mol. The number of carbonyl (C=O) groups is 3. The average molecular weight is 428 g/mol. The van der Waals surface area contributed by atoms with Gasteiger partial charge in [0.05, 0.1) is 11.2 Å². The number of hydrogen-bond donors (Lipinski definition) is 2. The predicted octanol–water partition coefficient (Wildman–Crippen LogP) is 1.10. The van der Waals surface area contributed by atoms with Gasteiger partial charge in [-0.3, -0.25) is 14.4 Å². The Labute approximate surface area is 173 Å². The van der Waals surface area contributed by atoms with Gasteiger partial charge in [-0.25, -0.2) is 8.42 Å². The zero-order chi connectivity index (χ0) is 21.6. The van der Waals surface area contributed by atoms with Crippen LogP contribution in [-0.4, -0.2) is 59.3 Å². The monoisotopic (exact) mass is 427 g/mol. The minimum Gasteiger partial charge on any atom is -0.352 e. The first-order valence-electron chi connectivity index (χ1n) is 10.7. The number of nitrogens with one attached hydrogen (secondary N) is 2. The van der Waals surface area contributed by atoms with Crippen LogP contribution in [0.15, 0.2) is 0 Å². The third-order valence-corrected chi connectivity index (χ3v) is 9.77. The zero-order valence-corrected chi connectivity index (χ0v) is 18.5. The van der Waals surface area contributed by atoms with E-state index in [2.05, 4.69) is 10.6 Å². The minimum absolute atomic E-state index is 0.0769. The summed E-state index contributed by atoms with van der Waals surface area (Å²) in [5.41, 5.74) is 0. The second-order valence-corrected chi connectivity index (χ2v) is 11.9. The summed E-state index contributed by atoms with van der Waals surface area (Å²) in [6.07, 6.45) is 5.81. The smallest absolute Gasteiger partial charge is 0.245 e. The third kappa shape index (κ3) is 3.66. The van der Waals surface area contributed by atoms with Crippen molar-refractivity contribution >= 4 is 27.6 Å². The van der Waals surface area contributed by atoms with Crippen molar-refractivity contribution in [3.63, 3.8) is 0 Å². The van der Waals surface area contributed by atoms with E-state index in [0.29, 0.717) is 6.42 Å². The third-order valence-electron chi connectivity index (χ3n) is 6.97. The molecule has 0 aromatic carbocycles. The molecule has 0 spiro atoms. The van der Waals surface area contributed by atoms with Crippen molar-refractivity contribution in [3.05, 3.63) is 0 Å². The second kappa shape index (κ2) is 7.89. The molecule has 2 heterocycles. The molecule has 2 saturated heterocycles. The van der Waals surface area contributed by atoms with E-state index in [9.17, 15) is 22.8 Å². The van der Waals surface area contributed by atoms with Crippen molar-refractivity contribution in [2.75, 3.05) is 0 Å². The van der Waals surface area contributed by atoms with Crippen LogP contribution in [0.2, 0.25) is 0 Å². The highest BCUT2D eigenvalue weighted by molar-refractivity contribution is 7.93. The van der Waals surface area contributed by atoms with E-state index in [1.807, 2.05) is 13.8 Å². The number of carbonyl (C=O) groups excluding carboxylic acids is 3. The maximum atomic E-state index is 13.2. The van der Waals surface area contributed by atoms with Gasteiger partial charge in [-0.2, -0.15) is 0 Å². The topological polar surface area (TPSA) is 113 Å². The first-order valence-corrected chi connectivity index (χ1v) is 12.2. The van der Waals surface area contributed by atoms with Crippen molar-refractivity contribution in [2.45, 2.75) is 101 Å². The van der Waals surface area contributed by atoms with Gasteiger partial charge in [0.25, 0.3) is 0 Å². The molecular formula is C20H33N3O5S. The lowest BCUT2D eigenvalue weighted by Gasteiger charge is -2.37. The van der Waals surface area contributed by atoms with Crippen molar-refractivity contribution in [1.29, 1.82) is 0 Å². The van der Waals surface area contributed by atoms with Gasteiger partial charge < -0.3 is 15.5 Å². The number of rotatable bonds is 6. The van der Waals surface area contributed by atoms with Crippen molar-refractivity contribution in [1.82, 2.24) is 15.5 Å². The molecule has 29 heavy (non-hydrogen) atoms. The van der Waals surface area contributed by atoms with E-state index in [1.54, 1.807) is 0 Å². The lowest BCUT2D eigenvalue weighted by atomic mass is 9.92. The van der Waals surface area contributed by atoms with Gasteiger partial charge in [0.2, 0.25) is 17.7 Å². The zero-order valence-electron chi connectivity index (χ0n) is 17.7. The molecule has 0 radical (unpaired) electrons. The quantitative estimate of drug-likeness (QED) is 0.617. The standard InChI is InChI=1S/C20H33N3O5S/c1-5-12(2)16(18(25)21-13-9-7-6-8-10-13)22-19(26)17-20(3,4)29(27,28)15-11-14(24)23(15)17/h12-13,15-17H,5-11H2,1-4H3,(H,21,25)(H,22,26). The van der Waals surface area contributed by atoms with Crippen LogP contribution in [-0.2, 0) is 24.2 Å². The van der Waals surface area contributed by atoms with Crippen LogP contribution in [0.4, 0.5) is 0 Å². The van der Waals surface area contributed by atoms with E-state index in [1.165, 1.54) is 25.2 Å². The fourth-order valence-corrected chi connectivity index (χ4v) is 6.86. The molecule has 3 fully saturated rings. The number of nitrogens with zero attached hydrogens (tertiary/aromatic N) is 1. The van der Waals surface area contributed by atoms with Crippen LogP contribution in [0.5, 0.6) is 0 Å². The largest absolute Gasteiger partial charge is 0.352 e. The molecule has 0 aromatic heterocycles. The van der Waals surface area contributed by atoms with E-state index >= 15 is 0 Å². The molecular weight excluding hydrogens is 394 g/mol. The lowest BCUT2D eigenvalue weighted by Crippen LogP contribution is -2.62. The SMILES string of the molecule is CCC(C)C(NC(=O)C1N2C(=O)CC2S(=O)(=O)C1(C)C)C(=O)NC1CCCCC1. The normalized spacial score (nSPS) is 30.1. The molecule has 1 saturated carbocycles. The maximum absolute atomic E-state index is 13.2. The molecule has 2 aliphatic heterocycles. The van der Waals surface area contributed by atoms with Crippen molar-refractivity contribution in [2.24, 2.45) is 5.92 Å². The molecule has 4 atom stereocenters. The van der Waals surface area contributed by atoms with Gasteiger partial charge in [-0.05, 0) is 32.6 Å². The highest BCUT2D eigenvalue weighted by atomic mass is 32.2. The highest BCUT2D eigenvalue weighted by Gasteiger charge is 2.67. The highest BCUT2D eigenvalue weighted by Crippen LogP contribution is 2.45. The number of sulfone groups is 1. The Morgan fingerprint density at radius 2 is 1.83 bits per heavy atom. The minimum atomic E-state index is -3.65. The number of hydrogen-bond acceptors (Lipinski definition) is 5. The molecule has 4 unspecified atom stereocenters. The average Bonchev–Trinajstić information content (AvgIpc) is 2.79. The first-order chi connectivity index (χ1) is 13.5. The Morgan fingerprint density at radius 3 is 2.38 bits per heavy atom. The van der Waals surface area contributed by atoms with Crippen LogP contribution in [0, 0.1) is 5.92 Å². The molecule has 0 aromatic rings. The molecule has 1 aliphatic carbocycles. The fourth-order valence-electron chi connectivity index (χ4n) is 4.73. The summed E-state index contributed by atoms with van der Waals surface area (Å²) in [6.45, 7) is 6.80. The first kappa shape index (κ1) is 22.1. The molecule has 2 N–H and O–H groups in total. The molecule has 3 aliphatic rings. The summed E-state index contributed by atoms with van der Waals surface area (Å²) in [7, 11) is -3.65. The second-order valence-electron chi connectivity index (χ2n) is 9.23.